The molecule has 1 aromatic carbocycles. The largest absolute Gasteiger partial charge is 0.496 e. The summed E-state index contributed by atoms with van der Waals surface area (Å²) in [5.41, 5.74) is 2.40. The minimum Gasteiger partial charge on any atom is -0.496 e. The second-order valence-corrected chi connectivity index (χ2v) is 7.84. The van der Waals surface area contributed by atoms with Gasteiger partial charge in [-0.1, -0.05) is 25.1 Å². The zero-order valence-corrected chi connectivity index (χ0v) is 19.1. The highest BCUT2D eigenvalue weighted by molar-refractivity contribution is 14.0. The SMILES string of the molecule is CN=C(NC1CC1(C)c1ccccc1OC)N(C)Cc1csc(C)n1.I. The Hall–Kier alpha value is -1.35. The first-order valence-electron chi connectivity index (χ1n) is 8.47. The molecule has 3 rings (SSSR count). The van der Waals surface area contributed by atoms with Crippen LogP contribution in [0.25, 0.3) is 0 Å². The summed E-state index contributed by atoms with van der Waals surface area (Å²) < 4.78 is 5.54. The van der Waals surface area contributed by atoms with E-state index in [-0.39, 0.29) is 29.4 Å². The maximum Gasteiger partial charge on any atom is 0.193 e. The van der Waals surface area contributed by atoms with Gasteiger partial charge in [0.05, 0.1) is 24.4 Å². The van der Waals surface area contributed by atoms with Crippen LogP contribution in [-0.2, 0) is 12.0 Å². The average Bonchev–Trinajstić information content (AvgIpc) is 3.09. The molecule has 7 heteroatoms. The fourth-order valence-electron chi connectivity index (χ4n) is 3.29. The molecule has 0 spiro atoms. The van der Waals surface area contributed by atoms with Crippen molar-refractivity contribution in [2.45, 2.75) is 38.3 Å². The number of aliphatic imine (C=N–C) groups is 1. The molecule has 1 aromatic heterocycles. The van der Waals surface area contributed by atoms with E-state index in [0.717, 1.165) is 35.4 Å². The molecular formula is C19H27IN4OS. The number of rotatable bonds is 5. The molecule has 26 heavy (non-hydrogen) atoms. The van der Waals surface area contributed by atoms with Crippen molar-refractivity contribution >= 4 is 41.3 Å². The van der Waals surface area contributed by atoms with Gasteiger partial charge < -0.3 is 15.0 Å². The Morgan fingerprint density at radius 1 is 1.46 bits per heavy atom. The van der Waals surface area contributed by atoms with Gasteiger partial charge in [0.1, 0.15) is 5.75 Å². The van der Waals surface area contributed by atoms with Gasteiger partial charge in [0, 0.05) is 36.5 Å². The van der Waals surface area contributed by atoms with Crippen molar-refractivity contribution in [3.63, 3.8) is 0 Å². The highest BCUT2D eigenvalue weighted by Gasteiger charge is 2.53. The molecule has 142 valence electrons. The first kappa shape index (κ1) is 21.0. The van der Waals surface area contributed by atoms with Gasteiger partial charge in [-0.05, 0) is 19.4 Å². The molecule has 0 bridgehead atoms. The van der Waals surface area contributed by atoms with Crippen molar-refractivity contribution in [3.8, 4) is 5.75 Å². The van der Waals surface area contributed by atoms with Gasteiger partial charge in [0.2, 0.25) is 0 Å². The molecule has 0 saturated heterocycles. The number of para-hydroxylation sites is 1. The third kappa shape index (κ3) is 4.31. The summed E-state index contributed by atoms with van der Waals surface area (Å²) >= 11 is 1.68. The first-order chi connectivity index (χ1) is 12.0. The lowest BCUT2D eigenvalue weighted by Gasteiger charge is -2.23. The molecule has 1 heterocycles. The van der Waals surface area contributed by atoms with Crippen LogP contribution in [0.1, 0.15) is 29.6 Å². The summed E-state index contributed by atoms with van der Waals surface area (Å²) in [7, 11) is 5.61. The summed E-state index contributed by atoms with van der Waals surface area (Å²) in [6.07, 6.45) is 1.07. The summed E-state index contributed by atoms with van der Waals surface area (Å²) in [6.45, 7) is 5.06. The Kier molecular flexibility index (Phi) is 6.90. The molecule has 2 atom stereocenters. The van der Waals surface area contributed by atoms with E-state index in [2.05, 4.69) is 44.6 Å². The fraction of sp³-hybridized carbons (Fsp3) is 0.474. The highest BCUT2D eigenvalue weighted by atomic mass is 127. The topological polar surface area (TPSA) is 49.8 Å². The van der Waals surface area contributed by atoms with Gasteiger partial charge >= 0.3 is 0 Å². The Bertz CT molecular complexity index is 778. The molecule has 0 amide bonds. The van der Waals surface area contributed by atoms with Crippen LogP contribution < -0.4 is 10.1 Å². The Balaban J connectivity index is 0.00000243. The van der Waals surface area contributed by atoms with Gasteiger partial charge in [-0.3, -0.25) is 4.99 Å². The lowest BCUT2D eigenvalue weighted by Crippen LogP contribution is -2.41. The number of aromatic nitrogens is 1. The van der Waals surface area contributed by atoms with E-state index < -0.39 is 0 Å². The normalized spacial score (nSPS) is 21.7. The molecule has 2 aromatic rings. The maximum absolute atomic E-state index is 5.54. The van der Waals surface area contributed by atoms with Crippen molar-refractivity contribution in [3.05, 3.63) is 45.9 Å². The van der Waals surface area contributed by atoms with Crippen LogP contribution in [-0.4, -0.2) is 43.1 Å². The van der Waals surface area contributed by atoms with Crippen LogP contribution in [0.2, 0.25) is 0 Å². The third-order valence-corrected chi connectivity index (χ3v) is 5.72. The van der Waals surface area contributed by atoms with Crippen LogP contribution in [0.4, 0.5) is 0 Å². The molecule has 1 N–H and O–H groups in total. The van der Waals surface area contributed by atoms with Gasteiger partial charge in [0.25, 0.3) is 0 Å². The van der Waals surface area contributed by atoms with Gasteiger partial charge in [-0.2, -0.15) is 0 Å². The maximum atomic E-state index is 5.54. The van der Waals surface area contributed by atoms with E-state index in [1.54, 1.807) is 18.4 Å². The number of benzene rings is 1. The number of halogens is 1. The smallest absolute Gasteiger partial charge is 0.193 e. The number of thiazole rings is 1. The summed E-state index contributed by atoms with van der Waals surface area (Å²) in [5.74, 6) is 1.85. The van der Waals surface area contributed by atoms with Gasteiger partial charge in [-0.25, -0.2) is 4.98 Å². The van der Waals surface area contributed by atoms with E-state index in [9.17, 15) is 0 Å². The number of hydrogen-bond donors (Lipinski definition) is 1. The molecular weight excluding hydrogens is 459 g/mol. The Morgan fingerprint density at radius 2 is 2.19 bits per heavy atom. The lowest BCUT2D eigenvalue weighted by atomic mass is 9.96. The summed E-state index contributed by atoms with van der Waals surface area (Å²) in [4.78, 5) is 11.1. The zero-order chi connectivity index (χ0) is 18.0. The van der Waals surface area contributed by atoms with E-state index in [0.29, 0.717) is 6.04 Å². The quantitative estimate of drug-likeness (QED) is 0.397. The molecule has 1 aliphatic carbocycles. The minimum atomic E-state index is 0. The predicted molar refractivity (Wildman–Crippen MR) is 119 cm³/mol. The van der Waals surface area contributed by atoms with Gasteiger partial charge in [-0.15, -0.1) is 35.3 Å². The summed E-state index contributed by atoms with van der Waals surface area (Å²) in [6, 6.07) is 8.62. The van der Waals surface area contributed by atoms with Crippen LogP contribution in [0.5, 0.6) is 5.75 Å². The molecule has 5 nitrogen and oxygen atoms in total. The summed E-state index contributed by atoms with van der Waals surface area (Å²) in [5, 5.41) is 6.80. The molecule has 1 fully saturated rings. The van der Waals surface area contributed by atoms with Crippen molar-refractivity contribution in [2.75, 3.05) is 21.2 Å². The monoisotopic (exact) mass is 486 g/mol. The number of methoxy groups -OCH3 is 1. The van der Waals surface area contributed by atoms with Crippen molar-refractivity contribution in [1.82, 2.24) is 15.2 Å². The molecule has 0 aliphatic heterocycles. The van der Waals surface area contributed by atoms with E-state index >= 15 is 0 Å². The van der Waals surface area contributed by atoms with E-state index in [1.165, 1.54) is 5.56 Å². The lowest BCUT2D eigenvalue weighted by molar-refractivity contribution is 0.404. The van der Waals surface area contributed by atoms with Gasteiger partial charge in [0.15, 0.2) is 5.96 Å². The van der Waals surface area contributed by atoms with Crippen LogP contribution in [0, 0.1) is 6.92 Å². The number of nitrogens with zero attached hydrogens (tertiary/aromatic N) is 3. The molecule has 1 saturated carbocycles. The highest BCUT2D eigenvalue weighted by Crippen LogP contribution is 2.51. The fourth-order valence-corrected chi connectivity index (χ4v) is 3.89. The van der Waals surface area contributed by atoms with Crippen molar-refractivity contribution in [2.24, 2.45) is 4.99 Å². The second kappa shape index (κ2) is 8.56. The third-order valence-electron chi connectivity index (χ3n) is 4.90. The van der Waals surface area contributed by atoms with E-state index in [4.69, 9.17) is 4.74 Å². The predicted octanol–water partition coefficient (Wildman–Crippen LogP) is 3.82. The number of hydrogen-bond acceptors (Lipinski definition) is 4. The molecule has 2 unspecified atom stereocenters. The average molecular weight is 486 g/mol. The number of guanidine groups is 1. The Labute approximate surface area is 176 Å². The number of ether oxygens (including phenoxy) is 1. The zero-order valence-electron chi connectivity index (χ0n) is 15.9. The van der Waals surface area contributed by atoms with E-state index in [1.807, 2.05) is 33.2 Å². The van der Waals surface area contributed by atoms with Crippen LogP contribution >= 0.6 is 35.3 Å². The van der Waals surface area contributed by atoms with Crippen LogP contribution in [0.15, 0.2) is 34.6 Å². The number of aryl methyl sites for hydroxylation is 1. The standard InChI is InChI=1S/C19H26N4OS.HI/c1-13-21-14(12-25-13)11-23(4)18(20-3)22-17-10-19(17,2)15-8-6-7-9-16(15)24-5;/h6-9,12,17H,10-11H2,1-5H3,(H,20,22);1H. The van der Waals surface area contributed by atoms with Crippen LogP contribution in [0.3, 0.4) is 0 Å². The minimum absolute atomic E-state index is 0. The number of nitrogens with one attached hydrogen (secondary N) is 1. The van der Waals surface area contributed by atoms with Crippen molar-refractivity contribution in [1.29, 1.82) is 0 Å². The first-order valence-corrected chi connectivity index (χ1v) is 9.35. The van der Waals surface area contributed by atoms with Crippen molar-refractivity contribution < 1.29 is 4.74 Å². The molecule has 1 aliphatic rings. The molecule has 0 radical (unpaired) electrons. The Morgan fingerprint density at radius 3 is 2.81 bits per heavy atom. The second-order valence-electron chi connectivity index (χ2n) is 6.78.